The number of hydrogen-bond donors (Lipinski definition) is 0. The van der Waals surface area contributed by atoms with E-state index in [0.29, 0.717) is 0 Å². The molecule has 0 bridgehead atoms. The van der Waals surface area contributed by atoms with Crippen LogP contribution in [0.15, 0.2) is 22.7 Å². The molecule has 0 fully saturated rings. The van der Waals surface area contributed by atoms with Gasteiger partial charge in [-0.25, -0.2) is 0 Å². The summed E-state index contributed by atoms with van der Waals surface area (Å²) in [7, 11) is 0. The smallest absolute Gasteiger partial charge is 0.0490 e. The van der Waals surface area contributed by atoms with E-state index in [1.807, 2.05) is 11.3 Å². The van der Waals surface area contributed by atoms with E-state index in [1.54, 1.807) is 0 Å². The highest BCUT2D eigenvalue weighted by Crippen LogP contribution is 2.34. The van der Waals surface area contributed by atoms with Crippen molar-refractivity contribution in [3.05, 3.63) is 31.1 Å². The molecular weight excluding hydrogens is 427 g/mol. The first-order valence-electron chi connectivity index (χ1n) is 3.65. The van der Waals surface area contributed by atoms with Gasteiger partial charge in [0, 0.05) is 23.0 Å². The number of thiophene rings is 1. The molecule has 0 radical (unpaired) electrons. The van der Waals surface area contributed by atoms with Crippen LogP contribution in [0.4, 0.5) is 0 Å². The van der Waals surface area contributed by atoms with Gasteiger partial charge < -0.3 is 0 Å². The van der Waals surface area contributed by atoms with Crippen LogP contribution in [0.1, 0.15) is 4.88 Å². The summed E-state index contributed by atoms with van der Waals surface area (Å²) in [6, 6.07) is 6.50. The van der Waals surface area contributed by atoms with Crippen molar-refractivity contribution in [1.29, 1.82) is 0 Å². The van der Waals surface area contributed by atoms with Gasteiger partial charge in [-0.05, 0) is 56.0 Å². The Bertz CT molecular complexity index is 450. The zero-order valence-electron chi connectivity index (χ0n) is 6.48. The maximum absolute atomic E-state index is 3.53. The minimum Gasteiger partial charge on any atom is -0.138 e. The fourth-order valence-corrected chi connectivity index (χ4v) is 3.90. The van der Waals surface area contributed by atoms with E-state index in [4.69, 9.17) is 0 Å². The summed E-state index contributed by atoms with van der Waals surface area (Å²) in [5.41, 5.74) is 0. The fourth-order valence-electron chi connectivity index (χ4n) is 1.16. The molecule has 2 aromatic rings. The summed E-state index contributed by atoms with van der Waals surface area (Å²) in [6.07, 6.45) is 0. The van der Waals surface area contributed by atoms with Gasteiger partial charge >= 0.3 is 0 Å². The summed E-state index contributed by atoms with van der Waals surface area (Å²) in [5, 5.41) is 2.28. The Kier molecular flexibility index (Phi) is 3.33. The van der Waals surface area contributed by atoms with E-state index < -0.39 is 0 Å². The fraction of sp³-hybridized carbons (Fsp3) is 0.111. The molecule has 2 rings (SSSR count). The van der Waals surface area contributed by atoms with Crippen LogP contribution in [0.2, 0.25) is 0 Å². The largest absolute Gasteiger partial charge is 0.138 e. The molecule has 4 heteroatoms. The maximum atomic E-state index is 3.53. The second kappa shape index (κ2) is 4.16. The molecule has 0 saturated carbocycles. The molecule has 0 spiro atoms. The van der Waals surface area contributed by atoms with E-state index in [9.17, 15) is 0 Å². The highest BCUT2D eigenvalue weighted by molar-refractivity contribution is 14.1. The quantitative estimate of drug-likeness (QED) is 0.432. The number of halogens is 3. The van der Waals surface area contributed by atoms with E-state index >= 15 is 0 Å². The topological polar surface area (TPSA) is 0 Å². The van der Waals surface area contributed by atoms with Gasteiger partial charge in [-0.3, -0.25) is 0 Å². The van der Waals surface area contributed by atoms with Crippen LogP contribution in [-0.2, 0) is 5.33 Å². The Morgan fingerprint density at radius 2 is 2.15 bits per heavy atom. The highest BCUT2D eigenvalue weighted by Gasteiger charge is 2.06. The zero-order chi connectivity index (χ0) is 9.42. The lowest BCUT2D eigenvalue weighted by atomic mass is 10.2. The Balaban J connectivity index is 2.76. The minimum absolute atomic E-state index is 0.944. The molecule has 0 N–H and O–H groups in total. The van der Waals surface area contributed by atoms with Crippen molar-refractivity contribution in [2.24, 2.45) is 0 Å². The Morgan fingerprint density at radius 3 is 2.85 bits per heavy atom. The molecule has 13 heavy (non-hydrogen) atoms. The number of alkyl halides is 1. The van der Waals surface area contributed by atoms with Crippen molar-refractivity contribution < 1.29 is 0 Å². The standard InChI is InChI=1S/C9H5Br2IS/c10-4-6-3-5-1-2-7(11)8(12)9(5)13-6/h1-3H,4H2. The van der Waals surface area contributed by atoms with Gasteiger partial charge in [-0.15, -0.1) is 11.3 Å². The minimum atomic E-state index is 0.944. The molecule has 0 saturated heterocycles. The Morgan fingerprint density at radius 1 is 1.38 bits per heavy atom. The summed E-state index contributed by atoms with van der Waals surface area (Å²) < 4.78 is 3.88. The van der Waals surface area contributed by atoms with Gasteiger partial charge in [-0.1, -0.05) is 22.0 Å². The van der Waals surface area contributed by atoms with Crippen molar-refractivity contribution in [3.8, 4) is 0 Å². The molecule has 1 aromatic heterocycles. The van der Waals surface area contributed by atoms with Gasteiger partial charge in [0.15, 0.2) is 0 Å². The third kappa shape index (κ3) is 1.96. The number of fused-ring (bicyclic) bond motifs is 1. The number of benzene rings is 1. The molecule has 1 heterocycles. The molecule has 1 aromatic carbocycles. The average molecular weight is 432 g/mol. The zero-order valence-corrected chi connectivity index (χ0v) is 12.6. The van der Waals surface area contributed by atoms with Crippen LogP contribution >= 0.6 is 65.8 Å². The third-order valence-corrected chi connectivity index (χ3v) is 6.79. The molecule has 0 amide bonds. The molecule has 0 aliphatic rings. The van der Waals surface area contributed by atoms with Crippen LogP contribution in [0.3, 0.4) is 0 Å². The number of rotatable bonds is 1. The molecule has 68 valence electrons. The lowest BCUT2D eigenvalue weighted by molar-refractivity contribution is 1.59. The molecule has 0 atom stereocenters. The predicted molar refractivity (Wildman–Crippen MR) is 74.9 cm³/mol. The average Bonchev–Trinajstić information content (AvgIpc) is 2.55. The molecular formula is C9H5Br2IS. The molecule has 0 aliphatic heterocycles. The van der Waals surface area contributed by atoms with Crippen LogP contribution in [0, 0.1) is 3.57 Å². The van der Waals surface area contributed by atoms with Crippen molar-refractivity contribution in [2.75, 3.05) is 0 Å². The molecule has 0 aliphatic carbocycles. The van der Waals surface area contributed by atoms with Gasteiger partial charge in [-0.2, -0.15) is 0 Å². The van der Waals surface area contributed by atoms with Crippen LogP contribution in [-0.4, -0.2) is 0 Å². The van der Waals surface area contributed by atoms with E-state index in [1.165, 1.54) is 23.0 Å². The lowest BCUT2D eigenvalue weighted by Gasteiger charge is -1.95. The summed E-state index contributed by atoms with van der Waals surface area (Å²) in [5.74, 6) is 0. The number of hydrogen-bond acceptors (Lipinski definition) is 1. The first-order chi connectivity index (χ1) is 6.22. The van der Waals surface area contributed by atoms with Gasteiger partial charge in [0.1, 0.15) is 0 Å². The van der Waals surface area contributed by atoms with Crippen molar-refractivity contribution in [3.63, 3.8) is 0 Å². The van der Waals surface area contributed by atoms with Crippen LogP contribution < -0.4 is 0 Å². The summed E-state index contributed by atoms with van der Waals surface area (Å²) in [6.45, 7) is 0. The lowest BCUT2D eigenvalue weighted by Crippen LogP contribution is -1.72. The van der Waals surface area contributed by atoms with Gasteiger partial charge in [0.05, 0.1) is 0 Å². The van der Waals surface area contributed by atoms with E-state index in [-0.39, 0.29) is 0 Å². The Labute approximate surface area is 111 Å². The van der Waals surface area contributed by atoms with E-state index in [2.05, 4.69) is 72.6 Å². The third-order valence-electron chi connectivity index (χ3n) is 1.76. The molecule has 0 nitrogen and oxygen atoms in total. The van der Waals surface area contributed by atoms with Crippen LogP contribution in [0.25, 0.3) is 10.1 Å². The summed E-state index contributed by atoms with van der Waals surface area (Å²) in [4.78, 5) is 1.38. The SMILES string of the molecule is BrCc1cc2ccc(Br)c(I)c2s1. The second-order valence-corrected chi connectivity index (χ2v) is 6.26. The first-order valence-corrected chi connectivity index (χ1v) is 7.45. The van der Waals surface area contributed by atoms with E-state index in [0.717, 1.165) is 5.33 Å². The van der Waals surface area contributed by atoms with Gasteiger partial charge in [0.25, 0.3) is 0 Å². The van der Waals surface area contributed by atoms with Crippen molar-refractivity contribution in [2.45, 2.75) is 5.33 Å². The Hall–Kier alpha value is 0.870. The van der Waals surface area contributed by atoms with Crippen LogP contribution in [0.5, 0.6) is 0 Å². The molecule has 0 unspecified atom stereocenters. The normalized spacial score (nSPS) is 11.0. The highest BCUT2D eigenvalue weighted by atomic mass is 127. The maximum Gasteiger partial charge on any atom is 0.0490 e. The second-order valence-electron chi connectivity index (χ2n) is 2.63. The summed E-state index contributed by atoms with van der Waals surface area (Å²) >= 11 is 11.2. The van der Waals surface area contributed by atoms with Crippen molar-refractivity contribution >= 4 is 75.9 Å². The first kappa shape index (κ1) is 10.4. The van der Waals surface area contributed by atoms with Gasteiger partial charge in [0.2, 0.25) is 0 Å². The monoisotopic (exact) mass is 430 g/mol. The predicted octanol–water partition coefficient (Wildman–Crippen LogP) is 5.16. The van der Waals surface area contributed by atoms with Crippen molar-refractivity contribution in [1.82, 2.24) is 0 Å².